The number of hydrogen-bond donors (Lipinski definition) is 1. The molecule has 1 rings (SSSR count). The van der Waals surface area contributed by atoms with E-state index in [2.05, 4.69) is 13.2 Å². The summed E-state index contributed by atoms with van der Waals surface area (Å²) >= 11 is 0. The standard InChI is InChI=1S/C12H15NO3S/c1-3-9-13(10-4-2)17(15,16)12-8-6-5-7-11(12)14/h3-8,14H,1-2,9-10H2. The van der Waals surface area contributed by atoms with E-state index in [1.807, 2.05) is 0 Å². The van der Waals surface area contributed by atoms with Gasteiger partial charge >= 0.3 is 0 Å². The summed E-state index contributed by atoms with van der Waals surface area (Å²) in [5.41, 5.74) is 0. The lowest BCUT2D eigenvalue weighted by molar-refractivity contribution is 0.442. The van der Waals surface area contributed by atoms with Gasteiger partial charge in [0.2, 0.25) is 10.0 Å². The first-order chi connectivity index (χ1) is 8.04. The highest BCUT2D eigenvalue weighted by molar-refractivity contribution is 7.89. The summed E-state index contributed by atoms with van der Waals surface area (Å²) in [6.07, 6.45) is 2.97. The van der Waals surface area contributed by atoms with Crippen molar-refractivity contribution in [3.63, 3.8) is 0 Å². The van der Waals surface area contributed by atoms with Gasteiger partial charge in [-0.05, 0) is 12.1 Å². The predicted octanol–water partition coefficient (Wildman–Crippen LogP) is 1.75. The van der Waals surface area contributed by atoms with Gasteiger partial charge in [0.15, 0.2) is 0 Å². The molecule has 0 amide bonds. The molecule has 0 aliphatic heterocycles. The van der Waals surface area contributed by atoms with Gasteiger partial charge < -0.3 is 5.11 Å². The molecule has 0 saturated heterocycles. The Hall–Kier alpha value is -1.59. The van der Waals surface area contributed by atoms with Crippen LogP contribution in [0.25, 0.3) is 0 Å². The zero-order valence-corrected chi connectivity index (χ0v) is 10.2. The quantitative estimate of drug-likeness (QED) is 0.786. The molecular weight excluding hydrogens is 238 g/mol. The number of para-hydroxylation sites is 1. The van der Waals surface area contributed by atoms with Crippen LogP contribution in [-0.2, 0) is 10.0 Å². The average molecular weight is 253 g/mol. The van der Waals surface area contributed by atoms with Gasteiger partial charge in [0.1, 0.15) is 10.6 Å². The highest BCUT2D eigenvalue weighted by Gasteiger charge is 2.24. The molecule has 0 aromatic heterocycles. The summed E-state index contributed by atoms with van der Waals surface area (Å²) in [7, 11) is -3.72. The van der Waals surface area contributed by atoms with Gasteiger partial charge in [0, 0.05) is 13.1 Å². The number of sulfonamides is 1. The van der Waals surface area contributed by atoms with E-state index < -0.39 is 10.0 Å². The summed E-state index contributed by atoms with van der Waals surface area (Å²) in [4.78, 5) is -0.108. The van der Waals surface area contributed by atoms with Gasteiger partial charge in [-0.15, -0.1) is 13.2 Å². The van der Waals surface area contributed by atoms with Crippen molar-refractivity contribution in [2.24, 2.45) is 0 Å². The molecule has 4 nitrogen and oxygen atoms in total. The van der Waals surface area contributed by atoms with E-state index in [1.54, 1.807) is 12.1 Å². The van der Waals surface area contributed by atoms with E-state index in [4.69, 9.17) is 0 Å². The topological polar surface area (TPSA) is 57.6 Å². The maximum atomic E-state index is 12.2. The first-order valence-corrected chi connectivity index (χ1v) is 6.48. The van der Waals surface area contributed by atoms with Crippen LogP contribution < -0.4 is 0 Å². The van der Waals surface area contributed by atoms with Crippen LogP contribution in [-0.4, -0.2) is 30.9 Å². The van der Waals surface area contributed by atoms with E-state index in [0.717, 1.165) is 0 Å². The van der Waals surface area contributed by atoms with E-state index in [1.165, 1.54) is 28.6 Å². The smallest absolute Gasteiger partial charge is 0.247 e. The molecule has 5 heteroatoms. The Bertz CT molecular complexity index is 498. The maximum absolute atomic E-state index is 12.2. The zero-order valence-electron chi connectivity index (χ0n) is 9.41. The number of benzene rings is 1. The molecule has 0 radical (unpaired) electrons. The summed E-state index contributed by atoms with van der Waals surface area (Å²) < 4.78 is 25.6. The lowest BCUT2D eigenvalue weighted by Gasteiger charge is -2.19. The van der Waals surface area contributed by atoms with E-state index in [0.29, 0.717) is 0 Å². The van der Waals surface area contributed by atoms with Crippen LogP contribution in [0.3, 0.4) is 0 Å². The molecule has 0 saturated carbocycles. The molecule has 0 aliphatic carbocycles. The monoisotopic (exact) mass is 253 g/mol. The Labute approximate surface area is 102 Å². The molecule has 92 valence electrons. The van der Waals surface area contributed by atoms with Crippen molar-refractivity contribution >= 4 is 10.0 Å². The molecule has 0 heterocycles. The summed E-state index contributed by atoms with van der Waals surface area (Å²) in [6.45, 7) is 7.36. The second-order valence-electron chi connectivity index (χ2n) is 3.37. The van der Waals surface area contributed by atoms with Gasteiger partial charge in [-0.25, -0.2) is 8.42 Å². The molecule has 0 unspecified atom stereocenters. The minimum Gasteiger partial charge on any atom is -0.507 e. The molecule has 0 atom stereocenters. The van der Waals surface area contributed by atoms with Crippen LogP contribution in [0.4, 0.5) is 0 Å². The zero-order chi connectivity index (χ0) is 12.9. The lowest BCUT2D eigenvalue weighted by atomic mass is 10.3. The molecule has 1 aromatic carbocycles. The summed E-state index contributed by atoms with van der Waals surface area (Å²) in [6, 6.07) is 5.84. The third kappa shape index (κ3) is 2.95. The second kappa shape index (κ2) is 5.65. The van der Waals surface area contributed by atoms with Crippen LogP contribution in [0, 0.1) is 0 Å². The molecule has 0 aliphatic rings. The first kappa shape index (κ1) is 13.5. The first-order valence-electron chi connectivity index (χ1n) is 5.04. The maximum Gasteiger partial charge on any atom is 0.247 e. The van der Waals surface area contributed by atoms with Gasteiger partial charge in [0.05, 0.1) is 0 Å². The lowest BCUT2D eigenvalue weighted by Crippen LogP contribution is -2.31. The predicted molar refractivity (Wildman–Crippen MR) is 67.3 cm³/mol. The van der Waals surface area contributed by atoms with Crippen molar-refractivity contribution in [3.8, 4) is 5.75 Å². The number of nitrogens with zero attached hydrogens (tertiary/aromatic N) is 1. The molecular formula is C12H15NO3S. The Morgan fingerprint density at radius 2 is 1.71 bits per heavy atom. The van der Waals surface area contributed by atoms with Gasteiger partial charge in [-0.1, -0.05) is 24.3 Å². The fraction of sp³-hybridized carbons (Fsp3) is 0.167. The van der Waals surface area contributed by atoms with Crippen LogP contribution in [0.1, 0.15) is 0 Å². The minimum atomic E-state index is -3.72. The normalized spacial score (nSPS) is 11.4. The SMILES string of the molecule is C=CCN(CC=C)S(=O)(=O)c1ccccc1O. The van der Waals surface area contributed by atoms with E-state index >= 15 is 0 Å². The van der Waals surface area contributed by atoms with Crippen LogP contribution in [0.15, 0.2) is 54.5 Å². The number of hydrogen-bond acceptors (Lipinski definition) is 3. The Kier molecular flexibility index (Phi) is 4.48. The molecule has 0 bridgehead atoms. The van der Waals surface area contributed by atoms with Gasteiger partial charge in [-0.2, -0.15) is 4.31 Å². The number of phenolic OH excluding ortho intramolecular Hbond substituents is 1. The molecule has 0 spiro atoms. The van der Waals surface area contributed by atoms with Crippen molar-refractivity contribution in [1.29, 1.82) is 0 Å². The molecule has 0 fully saturated rings. The Balaban J connectivity index is 3.20. The molecule has 1 N–H and O–H groups in total. The summed E-state index contributed by atoms with van der Waals surface area (Å²) in [5, 5.41) is 9.57. The Morgan fingerprint density at radius 1 is 1.18 bits per heavy atom. The highest BCUT2D eigenvalue weighted by atomic mass is 32.2. The number of rotatable bonds is 6. The minimum absolute atomic E-state index is 0.108. The largest absolute Gasteiger partial charge is 0.507 e. The fourth-order valence-corrected chi connectivity index (χ4v) is 2.84. The number of phenols is 1. The highest BCUT2D eigenvalue weighted by Crippen LogP contribution is 2.24. The van der Waals surface area contributed by atoms with Gasteiger partial charge in [-0.3, -0.25) is 0 Å². The molecule has 17 heavy (non-hydrogen) atoms. The summed E-state index contributed by atoms with van der Waals surface area (Å²) in [5.74, 6) is -0.259. The van der Waals surface area contributed by atoms with Crippen LogP contribution in [0.2, 0.25) is 0 Å². The van der Waals surface area contributed by atoms with Gasteiger partial charge in [0.25, 0.3) is 0 Å². The fourth-order valence-electron chi connectivity index (χ4n) is 1.37. The van der Waals surface area contributed by atoms with Crippen LogP contribution >= 0.6 is 0 Å². The third-order valence-electron chi connectivity index (χ3n) is 2.15. The molecule has 1 aromatic rings. The number of aromatic hydroxyl groups is 1. The van der Waals surface area contributed by atoms with Crippen molar-refractivity contribution in [2.45, 2.75) is 4.90 Å². The third-order valence-corrected chi connectivity index (χ3v) is 4.03. The van der Waals surface area contributed by atoms with Crippen molar-refractivity contribution in [3.05, 3.63) is 49.6 Å². The van der Waals surface area contributed by atoms with Crippen LogP contribution in [0.5, 0.6) is 5.75 Å². The van der Waals surface area contributed by atoms with Crippen molar-refractivity contribution < 1.29 is 13.5 Å². The van der Waals surface area contributed by atoms with E-state index in [-0.39, 0.29) is 23.7 Å². The van der Waals surface area contributed by atoms with E-state index in [9.17, 15) is 13.5 Å². The second-order valence-corrected chi connectivity index (χ2v) is 5.27. The van der Waals surface area contributed by atoms with Crippen molar-refractivity contribution in [2.75, 3.05) is 13.1 Å². The van der Waals surface area contributed by atoms with Crippen molar-refractivity contribution in [1.82, 2.24) is 4.31 Å². The Morgan fingerprint density at radius 3 is 2.18 bits per heavy atom. The average Bonchev–Trinajstić information content (AvgIpc) is 2.29.